The molecule has 0 heterocycles. The van der Waals surface area contributed by atoms with Gasteiger partial charge in [-0.2, -0.15) is 0 Å². The molecule has 0 aliphatic carbocycles. The van der Waals surface area contributed by atoms with E-state index in [1.165, 1.54) is 148 Å². The maximum atomic E-state index is 12.4. The Balaban J connectivity index is 3.62. The van der Waals surface area contributed by atoms with Crippen LogP contribution in [-0.4, -0.2) is 23.2 Å². The van der Waals surface area contributed by atoms with Gasteiger partial charge < -0.3 is 10.4 Å². The van der Waals surface area contributed by atoms with Gasteiger partial charge in [0, 0.05) is 6.42 Å². The predicted octanol–water partition coefficient (Wildman–Crippen LogP) is 11.4. The molecular weight excluding hydrogens is 478 g/mol. The van der Waals surface area contributed by atoms with Crippen LogP contribution >= 0.6 is 0 Å². The van der Waals surface area contributed by atoms with E-state index in [2.05, 4.69) is 25.2 Å². The van der Waals surface area contributed by atoms with E-state index < -0.39 is 6.10 Å². The van der Waals surface area contributed by atoms with E-state index in [1.807, 2.05) is 13.0 Å². The van der Waals surface area contributed by atoms with Crippen LogP contribution in [0.1, 0.15) is 201 Å². The van der Waals surface area contributed by atoms with Crippen LogP contribution in [0, 0.1) is 0 Å². The fourth-order valence-corrected chi connectivity index (χ4v) is 5.48. The van der Waals surface area contributed by atoms with Crippen molar-refractivity contribution in [3.63, 3.8) is 0 Å². The molecule has 39 heavy (non-hydrogen) atoms. The lowest BCUT2D eigenvalue weighted by Crippen LogP contribution is -2.42. The molecule has 3 heteroatoms. The van der Waals surface area contributed by atoms with Gasteiger partial charge in [-0.1, -0.05) is 181 Å². The molecule has 2 unspecified atom stereocenters. The summed E-state index contributed by atoms with van der Waals surface area (Å²) in [5.74, 6) is 0.0959. The molecule has 1 amide bonds. The van der Waals surface area contributed by atoms with Crippen LogP contribution in [0.4, 0.5) is 0 Å². The Morgan fingerprint density at radius 3 is 1.31 bits per heavy atom. The molecule has 3 nitrogen and oxygen atoms in total. The van der Waals surface area contributed by atoms with Gasteiger partial charge in [0.1, 0.15) is 0 Å². The number of carbonyl (C=O) groups is 1. The van der Waals surface area contributed by atoms with Gasteiger partial charge in [0.25, 0.3) is 0 Å². The van der Waals surface area contributed by atoms with E-state index in [1.54, 1.807) is 0 Å². The summed E-state index contributed by atoms with van der Waals surface area (Å²) in [6, 6.07) is -0.169. The van der Waals surface area contributed by atoms with Gasteiger partial charge in [0.15, 0.2) is 0 Å². The summed E-state index contributed by atoms with van der Waals surface area (Å²) >= 11 is 0. The van der Waals surface area contributed by atoms with Gasteiger partial charge in [0.2, 0.25) is 5.91 Å². The average Bonchev–Trinajstić information content (AvgIpc) is 2.94. The lowest BCUT2D eigenvalue weighted by atomic mass is 10.0. The van der Waals surface area contributed by atoms with Crippen LogP contribution in [-0.2, 0) is 4.79 Å². The lowest BCUT2D eigenvalue weighted by molar-refractivity contribution is -0.122. The summed E-state index contributed by atoms with van der Waals surface area (Å²) in [7, 11) is 0. The minimum atomic E-state index is -0.581. The van der Waals surface area contributed by atoms with E-state index in [0.717, 1.165) is 25.7 Å². The van der Waals surface area contributed by atoms with Gasteiger partial charge in [-0.15, -0.1) is 0 Å². The zero-order valence-corrected chi connectivity index (χ0v) is 27.0. The highest BCUT2D eigenvalue weighted by atomic mass is 16.3. The van der Waals surface area contributed by atoms with Crippen molar-refractivity contribution in [2.75, 3.05) is 0 Å². The molecular formula is C36H71NO2. The maximum absolute atomic E-state index is 12.4. The number of hydrogen-bond acceptors (Lipinski definition) is 2. The molecule has 2 N–H and O–H groups in total. The Labute approximate surface area is 245 Å². The second-order valence-electron chi connectivity index (χ2n) is 12.2. The molecule has 0 spiro atoms. The largest absolute Gasteiger partial charge is 0.387 e. The second kappa shape index (κ2) is 31.7. The second-order valence-corrected chi connectivity index (χ2v) is 12.2. The van der Waals surface area contributed by atoms with Crippen molar-refractivity contribution in [3.8, 4) is 0 Å². The molecule has 0 bridgehead atoms. The Kier molecular flexibility index (Phi) is 31.0. The molecule has 0 saturated heterocycles. The zero-order valence-electron chi connectivity index (χ0n) is 27.0. The molecule has 0 rings (SSSR count). The van der Waals surface area contributed by atoms with E-state index in [-0.39, 0.29) is 11.9 Å². The first-order valence-electron chi connectivity index (χ1n) is 17.8. The maximum Gasteiger partial charge on any atom is 0.220 e. The molecule has 0 fully saturated rings. The van der Waals surface area contributed by atoms with Crippen LogP contribution in [0.15, 0.2) is 12.2 Å². The van der Waals surface area contributed by atoms with Crippen molar-refractivity contribution >= 4 is 5.91 Å². The number of rotatable bonds is 31. The molecule has 0 aliphatic heterocycles. The summed E-state index contributed by atoms with van der Waals surface area (Å²) in [4.78, 5) is 12.4. The summed E-state index contributed by atoms with van der Waals surface area (Å²) in [6.45, 7) is 6.60. The fraction of sp³-hybridized carbons (Fsp3) is 0.917. The third kappa shape index (κ3) is 28.5. The Morgan fingerprint density at radius 2 is 0.923 bits per heavy atom. The van der Waals surface area contributed by atoms with Gasteiger partial charge in [0.05, 0.1) is 12.1 Å². The van der Waals surface area contributed by atoms with Gasteiger partial charge >= 0.3 is 0 Å². The molecule has 0 saturated carbocycles. The van der Waals surface area contributed by atoms with E-state index in [0.29, 0.717) is 6.42 Å². The topological polar surface area (TPSA) is 49.3 Å². The fourth-order valence-electron chi connectivity index (χ4n) is 5.48. The van der Waals surface area contributed by atoms with Crippen molar-refractivity contribution in [2.45, 2.75) is 213 Å². The highest BCUT2D eigenvalue weighted by Crippen LogP contribution is 2.14. The molecule has 232 valence electrons. The lowest BCUT2D eigenvalue weighted by Gasteiger charge is -2.20. The van der Waals surface area contributed by atoms with Gasteiger partial charge in [-0.3, -0.25) is 4.79 Å². The highest BCUT2D eigenvalue weighted by Gasteiger charge is 2.16. The Bertz CT molecular complexity index is 518. The van der Waals surface area contributed by atoms with E-state index in [9.17, 15) is 9.90 Å². The minimum Gasteiger partial charge on any atom is -0.387 e. The Morgan fingerprint density at radius 1 is 0.564 bits per heavy atom. The number of nitrogens with one attached hydrogen (secondary N) is 1. The Hall–Kier alpha value is -0.830. The number of unbranched alkanes of at least 4 members (excludes halogenated alkanes) is 24. The van der Waals surface area contributed by atoms with E-state index in [4.69, 9.17) is 0 Å². The molecule has 0 aromatic heterocycles. The summed E-state index contributed by atoms with van der Waals surface area (Å²) in [5.41, 5.74) is 0. The van der Waals surface area contributed by atoms with Gasteiger partial charge in [-0.25, -0.2) is 0 Å². The number of aliphatic hydroxyl groups excluding tert-OH is 1. The quantitative estimate of drug-likeness (QED) is 0.0667. The van der Waals surface area contributed by atoms with Crippen molar-refractivity contribution in [2.24, 2.45) is 0 Å². The standard InChI is InChI=1S/C36H71NO2/c1-4-7-9-11-13-15-17-19-21-23-25-27-29-31-33-36(39)37-34(6-3)35(38)32-30-28-26-24-22-20-18-16-14-12-10-8-5-2/h30,32,34-35,38H,4-29,31,33H2,1-3H3,(H,37,39)/b32-30+. The zero-order chi connectivity index (χ0) is 28.7. The number of carbonyl (C=O) groups excluding carboxylic acids is 1. The van der Waals surface area contributed by atoms with Crippen LogP contribution in [0.25, 0.3) is 0 Å². The number of aliphatic hydroxyl groups is 1. The summed E-state index contributed by atoms with van der Waals surface area (Å²) < 4.78 is 0. The van der Waals surface area contributed by atoms with Crippen molar-refractivity contribution in [3.05, 3.63) is 12.2 Å². The number of amides is 1. The third-order valence-electron chi connectivity index (χ3n) is 8.26. The minimum absolute atomic E-state index is 0.0959. The molecule has 0 aliphatic rings. The van der Waals surface area contributed by atoms with Crippen LogP contribution < -0.4 is 5.32 Å². The summed E-state index contributed by atoms with van der Waals surface area (Å²) in [6.07, 6.45) is 39.3. The third-order valence-corrected chi connectivity index (χ3v) is 8.26. The highest BCUT2D eigenvalue weighted by molar-refractivity contribution is 5.76. The smallest absolute Gasteiger partial charge is 0.220 e. The number of hydrogen-bond donors (Lipinski definition) is 2. The van der Waals surface area contributed by atoms with Crippen LogP contribution in [0.3, 0.4) is 0 Å². The van der Waals surface area contributed by atoms with Gasteiger partial charge in [-0.05, 0) is 25.7 Å². The number of allylic oxidation sites excluding steroid dienone is 1. The summed E-state index contributed by atoms with van der Waals surface area (Å²) in [5, 5.41) is 13.6. The predicted molar refractivity (Wildman–Crippen MR) is 173 cm³/mol. The van der Waals surface area contributed by atoms with Crippen molar-refractivity contribution < 1.29 is 9.90 Å². The van der Waals surface area contributed by atoms with Crippen molar-refractivity contribution in [1.29, 1.82) is 0 Å². The molecule has 0 aromatic rings. The van der Waals surface area contributed by atoms with Crippen LogP contribution in [0.2, 0.25) is 0 Å². The SMILES string of the molecule is CCCCCCCCCCCCC/C=C/C(O)C(CC)NC(=O)CCCCCCCCCCCCCCCC. The first-order valence-corrected chi connectivity index (χ1v) is 17.8. The van der Waals surface area contributed by atoms with Crippen molar-refractivity contribution in [1.82, 2.24) is 5.32 Å². The monoisotopic (exact) mass is 550 g/mol. The molecule has 0 aromatic carbocycles. The molecule has 0 radical (unpaired) electrons. The average molecular weight is 550 g/mol. The first kappa shape index (κ1) is 38.2. The van der Waals surface area contributed by atoms with E-state index >= 15 is 0 Å². The molecule has 2 atom stereocenters. The first-order chi connectivity index (χ1) is 19.2. The van der Waals surface area contributed by atoms with Crippen LogP contribution in [0.5, 0.6) is 0 Å². The normalized spacial score (nSPS) is 13.2.